The van der Waals surface area contributed by atoms with Gasteiger partial charge in [-0.05, 0) is 51.8 Å². The molecule has 0 saturated heterocycles. The number of hydrogen-bond acceptors (Lipinski definition) is 4. The van der Waals surface area contributed by atoms with E-state index >= 15 is 0 Å². The molecule has 5 rings (SSSR count). The highest BCUT2D eigenvalue weighted by atomic mass is 16.5. The quantitative estimate of drug-likeness (QED) is 0.618. The Labute approximate surface area is 182 Å². The van der Waals surface area contributed by atoms with Crippen LogP contribution in [0, 0.1) is 13.8 Å². The highest BCUT2D eigenvalue weighted by Crippen LogP contribution is 2.49. The second-order valence-corrected chi connectivity index (χ2v) is 8.29. The first-order valence-electron chi connectivity index (χ1n) is 11.0. The van der Waals surface area contributed by atoms with Crippen molar-refractivity contribution in [3.05, 3.63) is 82.2 Å². The number of nitrogens with one attached hydrogen (secondary N) is 1. The van der Waals surface area contributed by atoms with E-state index in [1.54, 1.807) is 0 Å². The summed E-state index contributed by atoms with van der Waals surface area (Å²) in [6, 6.07) is 16.4. The van der Waals surface area contributed by atoms with Gasteiger partial charge in [0.15, 0.2) is 5.78 Å². The smallest absolute Gasteiger partial charge is 0.161 e. The number of ketones is 1. The number of carbonyl (C=O) groups excluding carboxylic acids is 1. The zero-order chi connectivity index (χ0) is 21.5. The Hall–Kier alpha value is -3.34. The second-order valence-electron chi connectivity index (χ2n) is 8.29. The first-order valence-corrected chi connectivity index (χ1v) is 11.0. The van der Waals surface area contributed by atoms with Crippen molar-refractivity contribution in [1.29, 1.82) is 0 Å². The number of hydrogen-bond donors (Lipinski definition) is 1. The molecule has 5 heteroatoms. The van der Waals surface area contributed by atoms with E-state index in [1.165, 1.54) is 5.56 Å². The molecule has 0 radical (unpaired) electrons. The van der Waals surface area contributed by atoms with E-state index in [0.717, 1.165) is 58.2 Å². The first kappa shape index (κ1) is 19.6. The molecule has 1 aliphatic heterocycles. The van der Waals surface area contributed by atoms with E-state index in [-0.39, 0.29) is 11.7 Å². The molecule has 2 heterocycles. The molecule has 5 nitrogen and oxygen atoms in total. The first-order chi connectivity index (χ1) is 15.1. The van der Waals surface area contributed by atoms with Crippen LogP contribution in [-0.4, -0.2) is 22.2 Å². The van der Waals surface area contributed by atoms with Gasteiger partial charge in [-0.1, -0.05) is 35.9 Å². The number of carbonyl (C=O) groups is 1. The summed E-state index contributed by atoms with van der Waals surface area (Å²) in [7, 11) is 0. The van der Waals surface area contributed by atoms with Gasteiger partial charge < -0.3 is 10.1 Å². The summed E-state index contributed by atoms with van der Waals surface area (Å²) in [5.74, 6) is 1.82. The van der Waals surface area contributed by atoms with Gasteiger partial charge in [-0.3, -0.25) is 4.79 Å². The van der Waals surface area contributed by atoms with Gasteiger partial charge in [-0.15, -0.1) is 0 Å². The van der Waals surface area contributed by atoms with E-state index in [0.29, 0.717) is 13.0 Å². The number of Topliss-reactive ketones (excluding diaryl/α,β-unsaturated/α-hetero) is 1. The summed E-state index contributed by atoms with van der Waals surface area (Å²) < 4.78 is 7.96. The second kappa shape index (κ2) is 7.73. The molecule has 3 aromatic rings. The van der Waals surface area contributed by atoms with Crippen LogP contribution in [0.4, 0.5) is 5.82 Å². The van der Waals surface area contributed by atoms with Crippen LogP contribution in [0.5, 0.6) is 5.75 Å². The predicted molar refractivity (Wildman–Crippen MR) is 122 cm³/mol. The third-order valence-corrected chi connectivity index (χ3v) is 6.22. The number of aromatic nitrogens is 2. The standard InChI is InChI=1S/C26H27N3O2/c1-4-31-22-11-6-5-8-19(22)24-23-17(3)28-29(18-14-12-16(2)13-15-18)26(23)27-20-9-7-10-21(30)25(20)24/h5-6,8,11-15,24,27H,4,7,9-10H2,1-3H3. The number of nitrogens with zero attached hydrogens (tertiary/aromatic N) is 2. The lowest BCUT2D eigenvalue weighted by atomic mass is 9.76. The van der Waals surface area contributed by atoms with Gasteiger partial charge in [0.1, 0.15) is 11.6 Å². The van der Waals surface area contributed by atoms with Crippen LogP contribution in [0.15, 0.2) is 59.8 Å². The number of aryl methyl sites for hydroxylation is 2. The molecule has 2 aliphatic rings. The summed E-state index contributed by atoms with van der Waals surface area (Å²) >= 11 is 0. The molecule has 1 unspecified atom stereocenters. The fraction of sp³-hybridized carbons (Fsp3) is 0.308. The Bertz CT molecular complexity index is 1190. The van der Waals surface area contributed by atoms with Crippen LogP contribution in [0.2, 0.25) is 0 Å². The maximum Gasteiger partial charge on any atom is 0.161 e. The van der Waals surface area contributed by atoms with Crippen LogP contribution in [0.25, 0.3) is 5.69 Å². The Morgan fingerprint density at radius 3 is 2.65 bits per heavy atom. The zero-order valence-corrected chi connectivity index (χ0v) is 18.2. The molecule has 0 bridgehead atoms. The summed E-state index contributed by atoms with van der Waals surface area (Å²) in [6.45, 7) is 6.68. The number of benzene rings is 2. The fourth-order valence-electron chi connectivity index (χ4n) is 4.81. The normalized spacial score (nSPS) is 17.8. The molecule has 0 amide bonds. The van der Waals surface area contributed by atoms with E-state index in [2.05, 4.69) is 42.6 Å². The largest absolute Gasteiger partial charge is 0.494 e. The SMILES string of the molecule is CCOc1ccccc1C1C2=C(CCCC2=O)Nc2c1c(C)nn2-c1ccc(C)cc1. The maximum atomic E-state index is 13.2. The highest BCUT2D eigenvalue weighted by Gasteiger charge is 2.39. The Morgan fingerprint density at radius 1 is 1.10 bits per heavy atom. The third kappa shape index (κ3) is 3.25. The molecule has 31 heavy (non-hydrogen) atoms. The van der Waals surface area contributed by atoms with Crippen molar-refractivity contribution in [1.82, 2.24) is 9.78 Å². The lowest BCUT2D eigenvalue weighted by Gasteiger charge is -2.33. The van der Waals surface area contributed by atoms with E-state index in [9.17, 15) is 4.79 Å². The highest BCUT2D eigenvalue weighted by molar-refractivity contribution is 6.01. The Balaban J connectivity index is 1.75. The number of fused-ring (bicyclic) bond motifs is 1. The van der Waals surface area contributed by atoms with Crippen molar-refractivity contribution in [2.45, 2.75) is 46.0 Å². The summed E-state index contributed by atoms with van der Waals surface area (Å²) in [4.78, 5) is 13.2. The van der Waals surface area contributed by atoms with Crippen molar-refractivity contribution in [2.24, 2.45) is 0 Å². The van der Waals surface area contributed by atoms with E-state index in [4.69, 9.17) is 9.84 Å². The number of ether oxygens (including phenoxy) is 1. The summed E-state index contributed by atoms with van der Waals surface area (Å²) in [5.41, 5.74) is 7.12. The predicted octanol–water partition coefficient (Wildman–Crippen LogP) is 5.45. The van der Waals surface area contributed by atoms with Crippen molar-refractivity contribution in [2.75, 3.05) is 11.9 Å². The molecule has 0 saturated carbocycles. The van der Waals surface area contributed by atoms with Gasteiger partial charge in [-0.25, -0.2) is 4.68 Å². The van der Waals surface area contributed by atoms with Crippen molar-refractivity contribution < 1.29 is 9.53 Å². The maximum absolute atomic E-state index is 13.2. The molecule has 158 valence electrons. The molecule has 0 spiro atoms. The van der Waals surface area contributed by atoms with Crippen LogP contribution in [0.1, 0.15) is 54.5 Å². The van der Waals surface area contributed by atoms with Crippen molar-refractivity contribution >= 4 is 11.6 Å². The number of allylic oxidation sites excluding steroid dienone is 2. The molecular formula is C26H27N3O2. The van der Waals surface area contributed by atoms with Gasteiger partial charge >= 0.3 is 0 Å². The van der Waals surface area contributed by atoms with Crippen molar-refractivity contribution in [3.63, 3.8) is 0 Å². The van der Waals surface area contributed by atoms with Gasteiger partial charge in [-0.2, -0.15) is 5.10 Å². The van der Waals surface area contributed by atoms with Crippen LogP contribution < -0.4 is 10.1 Å². The molecule has 0 fully saturated rings. The zero-order valence-electron chi connectivity index (χ0n) is 18.2. The molecule has 1 aromatic heterocycles. The van der Waals surface area contributed by atoms with Crippen LogP contribution in [0.3, 0.4) is 0 Å². The van der Waals surface area contributed by atoms with Crippen LogP contribution in [-0.2, 0) is 4.79 Å². The van der Waals surface area contributed by atoms with Gasteiger partial charge in [0.05, 0.1) is 18.0 Å². The number of rotatable bonds is 4. The average molecular weight is 414 g/mol. The molecule has 1 aliphatic carbocycles. The summed E-state index contributed by atoms with van der Waals surface area (Å²) in [6.07, 6.45) is 2.33. The minimum absolute atomic E-state index is 0.180. The fourth-order valence-corrected chi connectivity index (χ4v) is 4.81. The summed E-state index contributed by atoms with van der Waals surface area (Å²) in [5, 5.41) is 8.50. The van der Waals surface area contributed by atoms with E-state index < -0.39 is 0 Å². The topological polar surface area (TPSA) is 56.1 Å². The number of para-hydroxylation sites is 1. The minimum atomic E-state index is -0.180. The van der Waals surface area contributed by atoms with Crippen molar-refractivity contribution in [3.8, 4) is 11.4 Å². The number of anilines is 1. The average Bonchev–Trinajstić information content (AvgIpc) is 3.10. The lowest BCUT2D eigenvalue weighted by molar-refractivity contribution is -0.116. The molecular weight excluding hydrogens is 386 g/mol. The Morgan fingerprint density at radius 2 is 1.87 bits per heavy atom. The van der Waals surface area contributed by atoms with Gasteiger partial charge in [0.25, 0.3) is 0 Å². The molecule has 1 atom stereocenters. The van der Waals surface area contributed by atoms with Gasteiger partial charge in [0, 0.05) is 34.7 Å². The minimum Gasteiger partial charge on any atom is -0.494 e. The monoisotopic (exact) mass is 413 g/mol. The molecule has 2 aromatic carbocycles. The van der Waals surface area contributed by atoms with E-state index in [1.807, 2.05) is 36.7 Å². The molecule has 1 N–H and O–H groups in total. The Kier molecular flexibility index (Phi) is 4.89. The van der Waals surface area contributed by atoms with Crippen LogP contribution >= 0.6 is 0 Å². The van der Waals surface area contributed by atoms with Gasteiger partial charge in [0.2, 0.25) is 0 Å². The lowest BCUT2D eigenvalue weighted by Crippen LogP contribution is -2.27. The third-order valence-electron chi connectivity index (χ3n) is 6.22.